The summed E-state index contributed by atoms with van der Waals surface area (Å²) >= 11 is 1.53. The van der Waals surface area contributed by atoms with Crippen molar-refractivity contribution in [2.45, 2.75) is 17.9 Å². The van der Waals surface area contributed by atoms with Crippen LogP contribution in [-0.2, 0) is 14.8 Å². The summed E-state index contributed by atoms with van der Waals surface area (Å²) < 4.78 is 32.4. The summed E-state index contributed by atoms with van der Waals surface area (Å²) in [6.45, 7) is 1.58. The molecule has 1 aromatic heterocycles. The fraction of sp³-hybridized carbons (Fsp3) is 0.267. The van der Waals surface area contributed by atoms with Gasteiger partial charge in [-0.3, -0.25) is 4.79 Å². The molecule has 0 amide bonds. The van der Waals surface area contributed by atoms with E-state index in [9.17, 15) is 13.2 Å². The quantitative estimate of drug-likeness (QED) is 0.787. The molecule has 1 aromatic carbocycles. The standard InChI is InChI=1S/C15H17NO4S2/c1-11(17)12-3-5-14(6-4-12)22(18,19)16-9-15(20-2)13-7-8-21-10-13/h3-8,10,15-16H,9H2,1-2H3. The molecule has 1 N–H and O–H groups in total. The van der Waals surface area contributed by atoms with Gasteiger partial charge in [0.15, 0.2) is 5.78 Å². The lowest BCUT2D eigenvalue weighted by Gasteiger charge is -2.15. The Labute approximate surface area is 134 Å². The normalized spacial score (nSPS) is 13.0. The molecule has 5 nitrogen and oxygen atoms in total. The number of carbonyl (C=O) groups is 1. The minimum atomic E-state index is -3.64. The fourth-order valence-corrected chi connectivity index (χ4v) is 3.67. The predicted molar refractivity (Wildman–Crippen MR) is 85.7 cm³/mol. The lowest BCUT2D eigenvalue weighted by atomic mass is 10.2. The topological polar surface area (TPSA) is 72.5 Å². The minimum Gasteiger partial charge on any atom is -0.375 e. The summed E-state index contributed by atoms with van der Waals surface area (Å²) in [5.74, 6) is -0.103. The van der Waals surface area contributed by atoms with E-state index in [1.807, 2.05) is 16.8 Å². The van der Waals surface area contributed by atoms with E-state index in [1.165, 1.54) is 49.6 Å². The second-order valence-electron chi connectivity index (χ2n) is 4.71. The molecule has 1 atom stereocenters. The van der Waals surface area contributed by atoms with Crippen LogP contribution in [0.15, 0.2) is 46.0 Å². The summed E-state index contributed by atoms with van der Waals surface area (Å²) in [5.41, 5.74) is 1.41. The molecule has 118 valence electrons. The third kappa shape index (κ3) is 4.01. The first-order valence-electron chi connectivity index (χ1n) is 6.59. The van der Waals surface area contributed by atoms with Crippen molar-refractivity contribution in [3.05, 3.63) is 52.2 Å². The number of hydrogen-bond donors (Lipinski definition) is 1. The number of rotatable bonds is 7. The Morgan fingerprint density at radius 1 is 1.27 bits per heavy atom. The van der Waals surface area contributed by atoms with Gasteiger partial charge in [-0.05, 0) is 41.4 Å². The zero-order valence-electron chi connectivity index (χ0n) is 12.3. The second kappa shape index (κ2) is 7.15. The Bertz CT molecular complexity index is 721. The van der Waals surface area contributed by atoms with Crippen molar-refractivity contribution in [1.29, 1.82) is 0 Å². The Morgan fingerprint density at radius 2 is 1.95 bits per heavy atom. The van der Waals surface area contributed by atoms with Crippen molar-refractivity contribution in [2.75, 3.05) is 13.7 Å². The van der Waals surface area contributed by atoms with Gasteiger partial charge in [0.2, 0.25) is 10.0 Å². The number of nitrogens with one attached hydrogen (secondary N) is 1. The summed E-state index contributed by atoms with van der Waals surface area (Å²) in [6, 6.07) is 7.75. The first-order valence-corrected chi connectivity index (χ1v) is 9.02. The lowest BCUT2D eigenvalue weighted by molar-refractivity contribution is 0.101. The van der Waals surface area contributed by atoms with Crippen molar-refractivity contribution in [1.82, 2.24) is 4.72 Å². The van der Waals surface area contributed by atoms with Gasteiger partial charge >= 0.3 is 0 Å². The van der Waals surface area contributed by atoms with Crippen molar-refractivity contribution in [3.8, 4) is 0 Å². The van der Waals surface area contributed by atoms with Crippen LogP contribution in [0.25, 0.3) is 0 Å². The molecule has 22 heavy (non-hydrogen) atoms. The van der Waals surface area contributed by atoms with Gasteiger partial charge in [0.25, 0.3) is 0 Å². The number of methoxy groups -OCH3 is 1. The van der Waals surface area contributed by atoms with Gasteiger partial charge in [0.1, 0.15) is 0 Å². The van der Waals surface area contributed by atoms with Crippen LogP contribution >= 0.6 is 11.3 Å². The molecule has 0 saturated carbocycles. The van der Waals surface area contributed by atoms with E-state index in [4.69, 9.17) is 4.74 Å². The molecule has 0 bridgehead atoms. The average Bonchev–Trinajstić information content (AvgIpc) is 3.02. The van der Waals surface area contributed by atoms with Gasteiger partial charge in [-0.1, -0.05) is 12.1 Å². The van der Waals surface area contributed by atoms with Gasteiger partial charge in [0.05, 0.1) is 11.0 Å². The molecule has 1 unspecified atom stereocenters. The Morgan fingerprint density at radius 3 is 2.45 bits per heavy atom. The highest BCUT2D eigenvalue weighted by Crippen LogP contribution is 2.19. The average molecular weight is 339 g/mol. The van der Waals surface area contributed by atoms with Gasteiger partial charge in [-0.25, -0.2) is 13.1 Å². The highest BCUT2D eigenvalue weighted by molar-refractivity contribution is 7.89. The smallest absolute Gasteiger partial charge is 0.240 e. The molecular formula is C15H17NO4S2. The molecule has 0 radical (unpaired) electrons. The monoisotopic (exact) mass is 339 g/mol. The van der Waals surface area contributed by atoms with E-state index in [2.05, 4.69) is 4.72 Å². The van der Waals surface area contributed by atoms with Crippen molar-refractivity contribution < 1.29 is 17.9 Å². The number of Topliss-reactive ketones (excluding diaryl/α,β-unsaturated/α-hetero) is 1. The number of thiophene rings is 1. The maximum absolute atomic E-state index is 12.3. The molecule has 7 heteroatoms. The summed E-state index contributed by atoms with van der Waals surface area (Å²) in [6.07, 6.45) is -0.336. The third-order valence-corrected chi connectivity index (χ3v) is 5.37. The Balaban J connectivity index is 2.09. The van der Waals surface area contributed by atoms with Crippen LogP contribution in [0, 0.1) is 0 Å². The highest BCUT2D eigenvalue weighted by atomic mass is 32.2. The molecular weight excluding hydrogens is 322 g/mol. The van der Waals surface area contributed by atoms with E-state index >= 15 is 0 Å². The number of ether oxygens (including phenoxy) is 1. The zero-order chi connectivity index (χ0) is 16.2. The zero-order valence-corrected chi connectivity index (χ0v) is 13.9. The SMILES string of the molecule is COC(CNS(=O)(=O)c1ccc(C(C)=O)cc1)c1ccsc1. The lowest BCUT2D eigenvalue weighted by Crippen LogP contribution is -2.29. The van der Waals surface area contributed by atoms with E-state index < -0.39 is 10.0 Å². The van der Waals surface area contributed by atoms with Gasteiger partial charge in [0, 0.05) is 19.2 Å². The molecule has 0 fully saturated rings. The fourth-order valence-electron chi connectivity index (χ4n) is 1.93. The van der Waals surface area contributed by atoms with Gasteiger partial charge < -0.3 is 4.74 Å². The van der Waals surface area contributed by atoms with E-state index in [1.54, 1.807) is 0 Å². The number of carbonyl (C=O) groups excluding carboxylic acids is 1. The molecule has 0 saturated heterocycles. The Kier molecular flexibility index (Phi) is 5.47. The van der Waals surface area contributed by atoms with E-state index in [-0.39, 0.29) is 23.3 Å². The minimum absolute atomic E-state index is 0.103. The largest absolute Gasteiger partial charge is 0.375 e. The third-order valence-electron chi connectivity index (χ3n) is 3.23. The summed E-state index contributed by atoms with van der Waals surface area (Å²) in [7, 11) is -2.10. The van der Waals surface area contributed by atoms with E-state index in [0.717, 1.165) is 5.56 Å². The van der Waals surface area contributed by atoms with E-state index in [0.29, 0.717) is 5.56 Å². The number of benzene rings is 1. The van der Waals surface area contributed by atoms with Crippen LogP contribution in [0.4, 0.5) is 0 Å². The summed E-state index contributed by atoms with van der Waals surface area (Å²) in [4.78, 5) is 11.3. The summed E-state index contributed by atoms with van der Waals surface area (Å²) in [5, 5.41) is 3.83. The molecule has 1 heterocycles. The molecule has 0 spiro atoms. The first kappa shape index (κ1) is 16.8. The molecule has 0 aliphatic rings. The van der Waals surface area contributed by atoms with Gasteiger partial charge in [-0.15, -0.1) is 0 Å². The maximum atomic E-state index is 12.3. The highest BCUT2D eigenvalue weighted by Gasteiger charge is 2.18. The van der Waals surface area contributed by atoms with Gasteiger partial charge in [-0.2, -0.15) is 11.3 Å². The number of hydrogen-bond acceptors (Lipinski definition) is 5. The van der Waals surface area contributed by atoms with Crippen molar-refractivity contribution >= 4 is 27.1 Å². The van der Waals surface area contributed by atoms with Crippen molar-refractivity contribution in [3.63, 3.8) is 0 Å². The van der Waals surface area contributed by atoms with Crippen LogP contribution in [0.3, 0.4) is 0 Å². The van der Waals surface area contributed by atoms with Crippen LogP contribution < -0.4 is 4.72 Å². The molecule has 2 rings (SSSR count). The number of sulfonamides is 1. The number of ketones is 1. The van der Waals surface area contributed by atoms with Crippen molar-refractivity contribution in [2.24, 2.45) is 0 Å². The van der Waals surface area contributed by atoms with Crippen LogP contribution in [-0.4, -0.2) is 27.9 Å². The second-order valence-corrected chi connectivity index (χ2v) is 7.26. The maximum Gasteiger partial charge on any atom is 0.240 e. The first-order chi connectivity index (χ1) is 10.4. The Hall–Kier alpha value is -1.54. The molecule has 0 aliphatic heterocycles. The predicted octanol–water partition coefficient (Wildman–Crippen LogP) is 2.62. The van der Waals surface area contributed by atoms with Crippen LogP contribution in [0.2, 0.25) is 0 Å². The van der Waals surface area contributed by atoms with Crippen LogP contribution in [0.5, 0.6) is 0 Å². The molecule has 2 aromatic rings. The molecule has 0 aliphatic carbocycles. The van der Waals surface area contributed by atoms with Crippen LogP contribution in [0.1, 0.15) is 28.9 Å².